The molecule has 7 nitrogen and oxygen atoms in total. The lowest BCUT2D eigenvalue weighted by Crippen LogP contribution is -2.36. The zero-order valence-corrected chi connectivity index (χ0v) is 16.9. The molecular weight excluding hydrogens is 366 g/mol. The molecule has 1 aromatic carbocycles. The van der Waals surface area contributed by atoms with Gasteiger partial charge >= 0.3 is 5.69 Å². The number of anilines is 2. The molecule has 0 unspecified atom stereocenters. The van der Waals surface area contributed by atoms with Gasteiger partial charge in [-0.1, -0.05) is 43.2 Å². The lowest BCUT2D eigenvalue weighted by atomic mass is 9.90. The third-order valence-electron chi connectivity index (χ3n) is 6.15. The van der Waals surface area contributed by atoms with Crippen LogP contribution >= 0.6 is 0 Å². The monoisotopic (exact) mass is 395 g/mol. The van der Waals surface area contributed by atoms with Crippen molar-refractivity contribution in [3.8, 4) is 0 Å². The van der Waals surface area contributed by atoms with Gasteiger partial charge < -0.3 is 9.80 Å². The minimum absolute atomic E-state index is 0.0795. The zero-order chi connectivity index (χ0) is 20.1. The van der Waals surface area contributed by atoms with Gasteiger partial charge in [0.1, 0.15) is 6.33 Å². The van der Waals surface area contributed by atoms with Gasteiger partial charge in [-0.2, -0.15) is 0 Å². The Labute approximate surface area is 171 Å². The minimum Gasteiger partial charge on any atom is -0.351 e. The van der Waals surface area contributed by atoms with Crippen LogP contribution in [0.25, 0.3) is 0 Å². The summed E-state index contributed by atoms with van der Waals surface area (Å²) in [6, 6.07) is 10.6. The van der Waals surface area contributed by atoms with E-state index in [1.165, 1.54) is 24.7 Å². The van der Waals surface area contributed by atoms with Crippen molar-refractivity contribution < 1.29 is 4.92 Å². The van der Waals surface area contributed by atoms with Crippen molar-refractivity contribution in [1.29, 1.82) is 0 Å². The van der Waals surface area contributed by atoms with Gasteiger partial charge in [0.05, 0.1) is 4.92 Å². The third-order valence-corrected chi connectivity index (χ3v) is 6.15. The van der Waals surface area contributed by atoms with Gasteiger partial charge in [0.2, 0.25) is 11.6 Å². The van der Waals surface area contributed by atoms with Crippen molar-refractivity contribution in [1.82, 2.24) is 9.97 Å². The van der Waals surface area contributed by atoms with Crippen molar-refractivity contribution in [3.63, 3.8) is 0 Å². The predicted molar refractivity (Wildman–Crippen MR) is 114 cm³/mol. The first-order valence-corrected chi connectivity index (χ1v) is 10.8. The van der Waals surface area contributed by atoms with Crippen LogP contribution in [0.3, 0.4) is 0 Å². The molecule has 0 aliphatic carbocycles. The first-order valence-electron chi connectivity index (χ1n) is 10.8. The number of nitrogens with zero attached hydrogens (tertiary/aromatic N) is 5. The number of hydrogen-bond donors (Lipinski definition) is 0. The minimum atomic E-state index is -0.286. The summed E-state index contributed by atoms with van der Waals surface area (Å²) in [5, 5.41) is 12.0. The van der Waals surface area contributed by atoms with Gasteiger partial charge in [-0.25, -0.2) is 9.97 Å². The van der Waals surface area contributed by atoms with E-state index in [0.29, 0.717) is 17.6 Å². The van der Waals surface area contributed by atoms with Gasteiger partial charge in [-0.3, -0.25) is 10.1 Å². The van der Waals surface area contributed by atoms with Crippen molar-refractivity contribution in [3.05, 3.63) is 52.3 Å². The molecule has 0 atom stereocenters. The van der Waals surface area contributed by atoms with Crippen molar-refractivity contribution in [2.45, 2.75) is 44.9 Å². The van der Waals surface area contributed by atoms with E-state index >= 15 is 0 Å². The highest BCUT2D eigenvalue weighted by Gasteiger charge is 2.32. The average Bonchev–Trinajstić information content (AvgIpc) is 3.04. The fourth-order valence-electron chi connectivity index (χ4n) is 4.57. The van der Waals surface area contributed by atoms with E-state index in [-0.39, 0.29) is 10.6 Å². The standard InChI is InChI=1S/C22H29N5O2/c28-27(29)20-21(25-12-6-1-2-7-13-25)23-17-24-22(20)26-14-10-19(11-15-26)16-18-8-4-3-5-9-18/h3-5,8-9,17,19H,1-2,6-7,10-16H2. The zero-order valence-electron chi connectivity index (χ0n) is 16.9. The largest absolute Gasteiger partial charge is 0.353 e. The fourth-order valence-corrected chi connectivity index (χ4v) is 4.57. The van der Waals surface area contributed by atoms with Crippen LogP contribution in [0.4, 0.5) is 17.3 Å². The summed E-state index contributed by atoms with van der Waals surface area (Å²) in [6.07, 6.45) is 9.08. The van der Waals surface area contributed by atoms with E-state index in [0.717, 1.165) is 58.3 Å². The Hall–Kier alpha value is -2.70. The molecule has 0 amide bonds. The van der Waals surface area contributed by atoms with Crippen LogP contribution in [0.5, 0.6) is 0 Å². The van der Waals surface area contributed by atoms with E-state index in [4.69, 9.17) is 0 Å². The van der Waals surface area contributed by atoms with Gasteiger partial charge in [0, 0.05) is 26.2 Å². The van der Waals surface area contributed by atoms with E-state index in [9.17, 15) is 10.1 Å². The Balaban J connectivity index is 1.50. The second kappa shape index (κ2) is 9.20. The van der Waals surface area contributed by atoms with Gasteiger partial charge in [-0.15, -0.1) is 0 Å². The third kappa shape index (κ3) is 4.66. The molecule has 1 aromatic heterocycles. The molecule has 0 radical (unpaired) electrons. The van der Waals surface area contributed by atoms with Crippen LogP contribution in [0.1, 0.15) is 44.1 Å². The molecule has 2 fully saturated rings. The first kappa shape index (κ1) is 19.6. The fraction of sp³-hybridized carbons (Fsp3) is 0.545. The molecule has 0 N–H and O–H groups in total. The number of benzene rings is 1. The number of rotatable bonds is 5. The highest BCUT2D eigenvalue weighted by atomic mass is 16.6. The summed E-state index contributed by atoms with van der Waals surface area (Å²) in [5.41, 5.74) is 1.44. The average molecular weight is 396 g/mol. The summed E-state index contributed by atoms with van der Waals surface area (Å²) >= 11 is 0. The number of aromatic nitrogens is 2. The van der Waals surface area contributed by atoms with Crippen LogP contribution in [-0.4, -0.2) is 41.1 Å². The molecule has 0 spiro atoms. The Kier molecular flexibility index (Phi) is 6.22. The van der Waals surface area contributed by atoms with E-state index in [1.54, 1.807) is 0 Å². The van der Waals surface area contributed by atoms with E-state index in [1.807, 2.05) is 6.07 Å². The van der Waals surface area contributed by atoms with E-state index < -0.39 is 0 Å². The Morgan fingerprint density at radius 2 is 1.48 bits per heavy atom. The van der Waals surface area contributed by atoms with Crippen molar-refractivity contribution in [2.24, 2.45) is 5.92 Å². The molecule has 29 heavy (non-hydrogen) atoms. The first-order chi connectivity index (χ1) is 14.2. The highest BCUT2D eigenvalue weighted by Crippen LogP contribution is 2.37. The molecule has 0 saturated carbocycles. The molecule has 0 bridgehead atoms. The smallest absolute Gasteiger partial charge is 0.351 e. The van der Waals surface area contributed by atoms with E-state index in [2.05, 4.69) is 44.0 Å². The summed E-state index contributed by atoms with van der Waals surface area (Å²) in [7, 11) is 0. The summed E-state index contributed by atoms with van der Waals surface area (Å²) in [6.45, 7) is 3.26. The van der Waals surface area contributed by atoms with Gasteiger partial charge in [0.15, 0.2) is 0 Å². The number of piperidine rings is 1. The molecule has 2 saturated heterocycles. The predicted octanol–water partition coefficient (Wildman–Crippen LogP) is 4.22. The van der Waals surface area contributed by atoms with Crippen molar-refractivity contribution >= 4 is 17.3 Å². The lowest BCUT2D eigenvalue weighted by Gasteiger charge is -2.33. The Bertz CT molecular complexity index is 813. The molecule has 3 heterocycles. The molecule has 4 rings (SSSR count). The number of nitro groups is 1. The summed E-state index contributed by atoms with van der Waals surface area (Å²) in [5.74, 6) is 1.59. The van der Waals surface area contributed by atoms with Gasteiger partial charge in [0.25, 0.3) is 0 Å². The van der Waals surface area contributed by atoms with Crippen molar-refractivity contribution in [2.75, 3.05) is 36.0 Å². The van der Waals surface area contributed by atoms with Crippen LogP contribution in [0.15, 0.2) is 36.7 Å². The SMILES string of the molecule is O=[N+]([O-])c1c(N2CCCCCC2)ncnc1N1CCC(Cc2ccccc2)CC1. The van der Waals surface area contributed by atoms with Crippen LogP contribution in [-0.2, 0) is 6.42 Å². The molecule has 2 aliphatic heterocycles. The summed E-state index contributed by atoms with van der Waals surface area (Å²) in [4.78, 5) is 24.6. The molecule has 2 aliphatic rings. The normalized spacial score (nSPS) is 18.5. The molecular formula is C22H29N5O2. The summed E-state index contributed by atoms with van der Waals surface area (Å²) < 4.78 is 0. The maximum atomic E-state index is 12.0. The second-order valence-electron chi connectivity index (χ2n) is 8.15. The quantitative estimate of drug-likeness (QED) is 0.557. The topological polar surface area (TPSA) is 75.4 Å². The maximum Gasteiger partial charge on any atom is 0.353 e. The Morgan fingerprint density at radius 3 is 2.07 bits per heavy atom. The number of hydrogen-bond acceptors (Lipinski definition) is 6. The molecule has 2 aromatic rings. The lowest BCUT2D eigenvalue weighted by molar-refractivity contribution is -0.383. The van der Waals surface area contributed by atoms with Crippen LogP contribution in [0, 0.1) is 16.0 Å². The van der Waals surface area contributed by atoms with Crippen LogP contribution < -0.4 is 9.80 Å². The highest BCUT2D eigenvalue weighted by molar-refractivity contribution is 5.71. The van der Waals surface area contributed by atoms with Gasteiger partial charge in [-0.05, 0) is 43.6 Å². The molecule has 7 heteroatoms. The second-order valence-corrected chi connectivity index (χ2v) is 8.15. The Morgan fingerprint density at radius 1 is 0.897 bits per heavy atom. The molecule has 154 valence electrons. The maximum absolute atomic E-state index is 12.0. The van der Waals surface area contributed by atoms with Crippen LogP contribution in [0.2, 0.25) is 0 Å².